The second-order valence-electron chi connectivity index (χ2n) is 3.44. The first-order valence-electron chi connectivity index (χ1n) is 4.79. The third-order valence-electron chi connectivity index (χ3n) is 2.30. The van der Waals surface area contributed by atoms with Gasteiger partial charge in [-0.05, 0) is 29.8 Å². The standard InChI is InChI=1S/C12H5Cl4NO/c13-8-3-6(4-9(14)12(8)16)7-1-2-11(15)17-10(7)5-18/h1-5H. The zero-order valence-electron chi connectivity index (χ0n) is 8.75. The van der Waals surface area contributed by atoms with Crippen LogP contribution in [0.4, 0.5) is 0 Å². The molecule has 0 unspecified atom stereocenters. The highest BCUT2D eigenvalue weighted by atomic mass is 35.5. The van der Waals surface area contributed by atoms with Gasteiger partial charge in [-0.15, -0.1) is 0 Å². The SMILES string of the molecule is O=Cc1nc(Cl)ccc1-c1cc(Cl)c(Cl)c(Cl)c1. The first-order valence-corrected chi connectivity index (χ1v) is 6.30. The van der Waals surface area contributed by atoms with Gasteiger partial charge in [0.05, 0.1) is 15.1 Å². The topological polar surface area (TPSA) is 30.0 Å². The molecule has 2 nitrogen and oxygen atoms in total. The number of rotatable bonds is 2. The van der Waals surface area contributed by atoms with Crippen LogP contribution in [0.5, 0.6) is 0 Å². The monoisotopic (exact) mass is 319 g/mol. The number of pyridine rings is 1. The molecular weight excluding hydrogens is 316 g/mol. The predicted octanol–water partition coefficient (Wildman–Crippen LogP) is 5.17. The Morgan fingerprint density at radius 1 is 1.00 bits per heavy atom. The Balaban J connectivity index is 2.65. The molecule has 2 rings (SSSR count). The molecule has 0 bridgehead atoms. The van der Waals surface area contributed by atoms with Crippen LogP contribution in [-0.4, -0.2) is 11.3 Å². The minimum absolute atomic E-state index is 0.219. The molecule has 18 heavy (non-hydrogen) atoms. The molecule has 6 heteroatoms. The second kappa shape index (κ2) is 5.45. The van der Waals surface area contributed by atoms with Crippen LogP contribution in [-0.2, 0) is 0 Å². The van der Waals surface area contributed by atoms with Gasteiger partial charge in [-0.1, -0.05) is 46.4 Å². The summed E-state index contributed by atoms with van der Waals surface area (Å²) in [6, 6.07) is 6.50. The van der Waals surface area contributed by atoms with Crippen molar-refractivity contribution in [2.75, 3.05) is 0 Å². The van der Waals surface area contributed by atoms with Crippen LogP contribution in [0, 0.1) is 0 Å². The lowest BCUT2D eigenvalue weighted by atomic mass is 10.0. The smallest absolute Gasteiger partial charge is 0.169 e. The summed E-state index contributed by atoms with van der Waals surface area (Å²) in [5, 5.41) is 1.14. The molecule has 92 valence electrons. The Labute approximate surface area is 123 Å². The van der Waals surface area contributed by atoms with Crippen molar-refractivity contribution in [3.05, 3.63) is 50.2 Å². The molecule has 2 aromatic rings. The summed E-state index contributed by atoms with van der Waals surface area (Å²) in [5.41, 5.74) is 1.47. The van der Waals surface area contributed by atoms with Crippen LogP contribution >= 0.6 is 46.4 Å². The van der Waals surface area contributed by atoms with Crippen LogP contribution in [0.3, 0.4) is 0 Å². The molecule has 0 fully saturated rings. The fourth-order valence-corrected chi connectivity index (χ4v) is 2.25. The highest BCUT2D eigenvalue weighted by molar-refractivity contribution is 6.48. The van der Waals surface area contributed by atoms with Gasteiger partial charge in [-0.25, -0.2) is 4.98 Å². The highest BCUT2D eigenvalue weighted by Gasteiger charge is 2.11. The summed E-state index contributed by atoms with van der Waals surface area (Å²) in [4.78, 5) is 14.9. The van der Waals surface area contributed by atoms with Crippen molar-refractivity contribution in [1.82, 2.24) is 4.98 Å². The van der Waals surface area contributed by atoms with Crippen molar-refractivity contribution < 1.29 is 4.79 Å². The van der Waals surface area contributed by atoms with Crippen molar-refractivity contribution in [3.8, 4) is 11.1 Å². The quantitative estimate of drug-likeness (QED) is 0.434. The highest BCUT2D eigenvalue weighted by Crippen LogP contribution is 2.35. The lowest BCUT2D eigenvalue weighted by Crippen LogP contribution is -1.93. The number of benzene rings is 1. The van der Waals surface area contributed by atoms with E-state index in [-0.39, 0.29) is 15.9 Å². The number of nitrogens with zero attached hydrogens (tertiary/aromatic N) is 1. The van der Waals surface area contributed by atoms with E-state index in [9.17, 15) is 4.79 Å². The number of hydrogen-bond donors (Lipinski definition) is 0. The maximum Gasteiger partial charge on any atom is 0.169 e. The summed E-state index contributed by atoms with van der Waals surface area (Å²) in [6.07, 6.45) is 0.623. The average molecular weight is 321 g/mol. The fourth-order valence-electron chi connectivity index (χ4n) is 1.50. The molecule has 0 saturated heterocycles. The minimum atomic E-state index is 0.219. The van der Waals surface area contributed by atoms with E-state index in [1.165, 1.54) is 0 Å². The van der Waals surface area contributed by atoms with Crippen LogP contribution in [0.1, 0.15) is 10.5 Å². The van der Waals surface area contributed by atoms with Gasteiger partial charge in [0, 0.05) is 5.56 Å². The van der Waals surface area contributed by atoms with Crippen LogP contribution < -0.4 is 0 Å². The van der Waals surface area contributed by atoms with E-state index < -0.39 is 0 Å². The Morgan fingerprint density at radius 3 is 2.17 bits per heavy atom. The number of halogens is 4. The fraction of sp³-hybridized carbons (Fsp3) is 0. The number of aldehydes is 1. The lowest BCUT2D eigenvalue weighted by Gasteiger charge is -2.07. The summed E-state index contributed by atoms with van der Waals surface area (Å²) >= 11 is 23.5. The van der Waals surface area contributed by atoms with Gasteiger partial charge in [-0.3, -0.25) is 4.79 Å². The molecule has 1 aromatic heterocycles. The third-order valence-corrected chi connectivity index (χ3v) is 3.70. The van der Waals surface area contributed by atoms with Crippen molar-refractivity contribution >= 4 is 52.7 Å². The first kappa shape index (κ1) is 13.6. The summed E-state index contributed by atoms with van der Waals surface area (Å²) in [7, 11) is 0. The second-order valence-corrected chi connectivity index (χ2v) is 5.02. The molecule has 0 aliphatic carbocycles. The lowest BCUT2D eigenvalue weighted by molar-refractivity contribution is 0.111. The van der Waals surface area contributed by atoms with Gasteiger partial charge in [0.1, 0.15) is 10.8 Å². The number of carbonyl (C=O) groups is 1. The van der Waals surface area contributed by atoms with E-state index in [1.807, 2.05) is 0 Å². The predicted molar refractivity (Wildman–Crippen MR) is 75.1 cm³/mol. The van der Waals surface area contributed by atoms with E-state index in [0.29, 0.717) is 27.5 Å². The van der Waals surface area contributed by atoms with Crippen molar-refractivity contribution in [2.24, 2.45) is 0 Å². The molecule has 0 atom stereocenters. The van der Waals surface area contributed by atoms with Gasteiger partial charge < -0.3 is 0 Å². The molecule has 0 N–H and O–H groups in total. The number of aromatic nitrogens is 1. The summed E-state index contributed by atoms with van der Waals surface area (Å²) < 4.78 is 0. The summed E-state index contributed by atoms with van der Waals surface area (Å²) in [5.74, 6) is 0. The first-order chi connectivity index (χ1) is 8.52. The van der Waals surface area contributed by atoms with E-state index >= 15 is 0 Å². The van der Waals surface area contributed by atoms with Crippen molar-refractivity contribution in [2.45, 2.75) is 0 Å². The van der Waals surface area contributed by atoms with Gasteiger partial charge in [-0.2, -0.15) is 0 Å². The van der Waals surface area contributed by atoms with E-state index in [2.05, 4.69) is 4.98 Å². The number of hydrogen-bond acceptors (Lipinski definition) is 2. The Morgan fingerprint density at radius 2 is 1.61 bits per heavy atom. The van der Waals surface area contributed by atoms with E-state index in [0.717, 1.165) is 0 Å². The molecular formula is C12H5Cl4NO. The maximum atomic E-state index is 11.0. The zero-order valence-corrected chi connectivity index (χ0v) is 11.8. The average Bonchev–Trinajstić information content (AvgIpc) is 2.35. The zero-order chi connectivity index (χ0) is 13.3. The van der Waals surface area contributed by atoms with Crippen LogP contribution in [0.15, 0.2) is 24.3 Å². The molecule has 0 radical (unpaired) electrons. The largest absolute Gasteiger partial charge is 0.296 e. The molecule has 1 heterocycles. The molecule has 0 spiro atoms. The van der Waals surface area contributed by atoms with E-state index in [1.54, 1.807) is 24.3 Å². The Bertz CT molecular complexity index is 604. The summed E-state index contributed by atoms with van der Waals surface area (Å²) in [6.45, 7) is 0. The van der Waals surface area contributed by atoms with Crippen LogP contribution in [0.25, 0.3) is 11.1 Å². The van der Waals surface area contributed by atoms with Crippen LogP contribution in [0.2, 0.25) is 20.2 Å². The van der Waals surface area contributed by atoms with Gasteiger partial charge in [0.25, 0.3) is 0 Å². The van der Waals surface area contributed by atoms with Crippen molar-refractivity contribution in [1.29, 1.82) is 0 Å². The molecule has 0 aliphatic rings. The van der Waals surface area contributed by atoms with Gasteiger partial charge in [0.2, 0.25) is 0 Å². The Kier molecular flexibility index (Phi) is 4.13. The molecule has 0 saturated carbocycles. The molecule has 0 aliphatic heterocycles. The maximum absolute atomic E-state index is 11.0. The normalized spacial score (nSPS) is 10.4. The van der Waals surface area contributed by atoms with E-state index in [4.69, 9.17) is 46.4 Å². The minimum Gasteiger partial charge on any atom is -0.296 e. The number of carbonyl (C=O) groups excluding carboxylic acids is 1. The molecule has 1 aromatic carbocycles. The van der Waals surface area contributed by atoms with Gasteiger partial charge in [0.15, 0.2) is 6.29 Å². The Hall–Kier alpha value is -0.800. The van der Waals surface area contributed by atoms with Crippen molar-refractivity contribution in [3.63, 3.8) is 0 Å². The van der Waals surface area contributed by atoms with Gasteiger partial charge >= 0.3 is 0 Å². The molecule has 0 amide bonds. The third kappa shape index (κ3) is 2.62.